The van der Waals surface area contributed by atoms with Crippen molar-refractivity contribution in [1.82, 2.24) is 4.67 Å². The first-order valence-corrected chi connectivity index (χ1v) is 6.71. The minimum atomic E-state index is -3.24. The summed E-state index contributed by atoms with van der Waals surface area (Å²) in [5, 5.41) is 10.7. The first-order valence-electron chi connectivity index (χ1n) is 5.22. The molecule has 0 saturated carbocycles. The predicted octanol–water partition coefficient (Wildman–Crippen LogP) is 1.27. The molecular weight excluding hydrogens is 235 g/mol. The molecule has 2 heterocycles. The second-order valence-corrected chi connectivity index (χ2v) is 6.42. The third-order valence-electron chi connectivity index (χ3n) is 2.99. The lowest BCUT2D eigenvalue weighted by molar-refractivity contribution is -0.573. The zero-order valence-electron chi connectivity index (χ0n) is 9.29. The van der Waals surface area contributed by atoms with E-state index < -0.39 is 18.2 Å². The van der Waals surface area contributed by atoms with Crippen LogP contribution in [-0.2, 0) is 13.6 Å². The molecule has 0 aliphatic carbocycles. The Labute approximate surface area is 93.4 Å². The maximum absolute atomic E-state index is 12.1. The van der Waals surface area contributed by atoms with Crippen molar-refractivity contribution in [3.05, 3.63) is 10.1 Å². The molecule has 8 heteroatoms. The van der Waals surface area contributed by atoms with E-state index in [-0.39, 0.29) is 19.3 Å². The monoisotopic (exact) mass is 250 g/mol. The zero-order chi connectivity index (χ0) is 12.0. The van der Waals surface area contributed by atoms with Gasteiger partial charge in [-0.1, -0.05) is 6.92 Å². The zero-order valence-corrected chi connectivity index (χ0v) is 10.2. The Hall–Kier alpha value is -0.490. The van der Waals surface area contributed by atoms with E-state index in [1.54, 1.807) is 4.67 Å². The van der Waals surface area contributed by atoms with Gasteiger partial charge in [0.1, 0.15) is 13.2 Å². The smallest absolute Gasteiger partial charge is 0.289 e. The van der Waals surface area contributed by atoms with Crippen molar-refractivity contribution < 1.29 is 18.5 Å². The number of hydrogen-bond donors (Lipinski definition) is 0. The topological polar surface area (TPSA) is 81.7 Å². The molecule has 0 N–H and O–H groups in total. The van der Waals surface area contributed by atoms with Crippen molar-refractivity contribution >= 4 is 7.75 Å². The van der Waals surface area contributed by atoms with E-state index in [4.69, 9.17) is 9.05 Å². The molecular formula is C8H15N2O5P. The number of nitrogens with zero attached hydrogens (tertiary/aromatic N) is 2. The van der Waals surface area contributed by atoms with E-state index in [0.29, 0.717) is 6.54 Å². The van der Waals surface area contributed by atoms with Crippen molar-refractivity contribution in [2.75, 3.05) is 19.8 Å². The van der Waals surface area contributed by atoms with Crippen molar-refractivity contribution in [2.45, 2.75) is 31.8 Å². The summed E-state index contributed by atoms with van der Waals surface area (Å²) in [6.07, 6.45) is 0.878. The Balaban J connectivity index is 2.00. The highest BCUT2D eigenvalue weighted by Crippen LogP contribution is 2.61. The van der Waals surface area contributed by atoms with Crippen LogP contribution < -0.4 is 0 Å². The van der Waals surface area contributed by atoms with E-state index in [1.807, 2.05) is 6.92 Å². The molecule has 0 radical (unpaired) electrons. The Morgan fingerprint density at radius 3 is 2.50 bits per heavy atom. The lowest BCUT2D eigenvalue weighted by atomic mass is 10.1. The molecule has 0 bridgehead atoms. The summed E-state index contributed by atoms with van der Waals surface area (Å²) in [4.78, 5) is 10.3. The van der Waals surface area contributed by atoms with Gasteiger partial charge in [-0.3, -0.25) is 19.2 Å². The molecule has 2 aliphatic heterocycles. The molecule has 0 aromatic heterocycles. The molecule has 0 aromatic rings. The molecule has 2 saturated heterocycles. The minimum absolute atomic E-state index is 0.162. The third kappa shape index (κ3) is 1.88. The fraction of sp³-hybridized carbons (Fsp3) is 1.00. The molecule has 2 rings (SSSR count). The predicted molar refractivity (Wildman–Crippen MR) is 55.7 cm³/mol. The van der Waals surface area contributed by atoms with Gasteiger partial charge >= 0.3 is 7.75 Å². The highest BCUT2D eigenvalue weighted by atomic mass is 31.2. The van der Waals surface area contributed by atoms with Gasteiger partial charge in [-0.05, 0) is 6.42 Å². The lowest BCUT2D eigenvalue weighted by Crippen LogP contribution is -2.47. The largest absolute Gasteiger partial charge is 0.409 e. The highest BCUT2D eigenvalue weighted by molar-refractivity contribution is 7.51. The Morgan fingerprint density at radius 1 is 1.56 bits per heavy atom. The molecule has 16 heavy (non-hydrogen) atoms. The van der Waals surface area contributed by atoms with Gasteiger partial charge in [0.2, 0.25) is 0 Å². The first kappa shape index (κ1) is 12.0. The number of nitro groups is 1. The molecule has 2 atom stereocenters. The lowest BCUT2D eigenvalue weighted by Gasteiger charge is -2.31. The molecule has 2 fully saturated rings. The quantitative estimate of drug-likeness (QED) is 0.324. The minimum Gasteiger partial charge on any atom is -0.289 e. The Morgan fingerprint density at radius 2 is 2.12 bits per heavy atom. The maximum Gasteiger partial charge on any atom is 0.409 e. The van der Waals surface area contributed by atoms with E-state index in [0.717, 1.165) is 6.42 Å². The summed E-state index contributed by atoms with van der Waals surface area (Å²) in [5.41, 5.74) is -1.29. The molecule has 0 aromatic carbocycles. The van der Waals surface area contributed by atoms with E-state index in [2.05, 4.69) is 0 Å². The molecule has 1 unspecified atom stereocenters. The fourth-order valence-electron chi connectivity index (χ4n) is 1.58. The van der Waals surface area contributed by atoms with E-state index in [9.17, 15) is 14.7 Å². The molecule has 92 valence electrons. The van der Waals surface area contributed by atoms with Crippen LogP contribution in [0.25, 0.3) is 0 Å². The first-order chi connectivity index (χ1) is 7.41. The Kier molecular flexibility index (Phi) is 2.82. The van der Waals surface area contributed by atoms with Gasteiger partial charge in [0.05, 0.1) is 0 Å². The third-order valence-corrected chi connectivity index (χ3v) is 5.02. The van der Waals surface area contributed by atoms with Crippen molar-refractivity contribution in [1.29, 1.82) is 0 Å². The van der Waals surface area contributed by atoms with E-state index in [1.165, 1.54) is 6.92 Å². The van der Waals surface area contributed by atoms with Gasteiger partial charge in [0.15, 0.2) is 0 Å². The van der Waals surface area contributed by atoms with Crippen LogP contribution in [-0.4, -0.2) is 40.9 Å². The molecule has 0 amide bonds. The van der Waals surface area contributed by atoms with Gasteiger partial charge in [0.25, 0.3) is 5.54 Å². The summed E-state index contributed by atoms with van der Waals surface area (Å²) < 4.78 is 24.0. The van der Waals surface area contributed by atoms with Crippen LogP contribution in [0.3, 0.4) is 0 Å². The summed E-state index contributed by atoms with van der Waals surface area (Å²) in [6, 6.07) is 0.228. The van der Waals surface area contributed by atoms with Gasteiger partial charge in [-0.15, -0.1) is 0 Å². The van der Waals surface area contributed by atoms with Gasteiger partial charge in [-0.25, -0.2) is 9.24 Å². The van der Waals surface area contributed by atoms with Crippen LogP contribution in [0.1, 0.15) is 20.3 Å². The summed E-state index contributed by atoms with van der Waals surface area (Å²) in [7, 11) is -3.24. The fourth-order valence-corrected chi connectivity index (χ4v) is 3.79. The van der Waals surface area contributed by atoms with Crippen LogP contribution in [0.15, 0.2) is 0 Å². The molecule has 2 aliphatic rings. The van der Waals surface area contributed by atoms with Crippen molar-refractivity contribution in [2.24, 2.45) is 0 Å². The van der Waals surface area contributed by atoms with Gasteiger partial charge in [0, 0.05) is 24.4 Å². The summed E-state index contributed by atoms with van der Waals surface area (Å²) in [5.74, 6) is 0. The number of hydrogen-bond acceptors (Lipinski definition) is 5. The van der Waals surface area contributed by atoms with Crippen LogP contribution in [0.5, 0.6) is 0 Å². The van der Waals surface area contributed by atoms with Gasteiger partial charge < -0.3 is 0 Å². The normalized spacial score (nSPS) is 47.6. The average molecular weight is 250 g/mol. The van der Waals surface area contributed by atoms with Crippen molar-refractivity contribution in [3.63, 3.8) is 0 Å². The van der Waals surface area contributed by atoms with E-state index >= 15 is 0 Å². The van der Waals surface area contributed by atoms with Crippen LogP contribution in [0.4, 0.5) is 0 Å². The SMILES string of the molecule is CC[C@H]1CN1P1(=O)OCC(C)([N+](=O)[O-])CO1. The summed E-state index contributed by atoms with van der Waals surface area (Å²) in [6.45, 7) is 3.77. The van der Waals surface area contributed by atoms with Crippen LogP contribution in [0.2, 0.25) is 0 Å². The molecule has 7 nitrogen and oxygen atoms in total. The summed E-state index contributed by atoms with van der Waals surface area (Å²) >= 11 is 0. The second kappa shape index (κ2) is 3.77. The second-order valence-electron chi connectivity index (χ2n) is 4.45. The number of rotatable bonds is 3. The highest BCUT2D eigenvalue weighted by Gasteiger charge is 2.56. The maximum atomic E-state index is 12.1. The molecule has 0 spiro atoms. The average Bonchev–Trinajstić information content (AvgIpc) is 3.02. The van der Waals surface area contributed by atoms with Crippen LogP contribution >= 0.6 is 7.75 Å². The van der Waals surface area contributed by atoms with Crippen LogP contribution in [0, 0.1) is 10.1 Å². The standard InChI is InChI=1S/C8H15N2O5P/c1-3-7-4-9(7)16(13)14-5-8(2,6-15-16)10(11)12/h7H,3-6H2,1-2H3/t7-,8?,9?,16?/m0/s1. The van der Waals surface area contributed by atoms with Crippen molar-refractivity contribution in [3.8, 4) is 0 Å². The van der Waals surface area contributed by atoms with Gasteiger partial charge in [-0.2, -0.15) is 0 Å². The Bertz CT molecular complexity index is 348.